The van der Waals surface area contributed by atoms with Gasteiger partial charge in [0.25, 0.3) is 5.91 Å². The van der Waals surface area contributed by atoms with Crippen LogP contribution in [0.15, 0.2) is 42.5 Å². The van der Waals surface area contributed by atoms with Crippen molar-refractivity contribution in [3.63, 3.8) is 0 Å². The van der Waals surface area contributed by atoms with Gasteiger partial charge in [0.15, 0.2) is 13.2 Å². The van der Waals surface area contributed by atoms with Gasteiger partial charge < -0.3 is 19.5 Å². The molecule has 144 valence electrons. The van der Waals surface area contributed by atoms with Crippen LogP contribution in [0.4, 0.5) is 14.5 Å². The minimum atomic E-state index is -3.02. The lowest BCUT2D eigenvalue weighted by atomic mass is 10.1. The number of aryl methyl sites for hydroxylation is 2. The maximum Gasteiger partial charge on any atom is 0.387 e. The Morgan fingerprint density at radius 2 is 1.78 bits per heavy atom. The van der Waals surface area contributed by atoms with Crippen molar-refractivity contribution in [2.75, 3.05) is 18.5 Å². The molecule has 0 aliphatic rings. The minimum absolute atomic E-state index is 0.0465. The topological polar surface area (TPSA) is 73.9 Å². The molecule has 0 spiro atoms. The Kier molecular flexibility index (Phi) is 7.10. The fourth-order valence-corrected chi connectivity index (χ4v) is 2.09. The zero-order valence-corrected chi connectivity index (χ0v) is 14.8. The third-order valence-corrected chi connectivity index (χ3v) is 3.58. The molecule has 0 atom stereocenters. The van der Waals surface area contributed by atoms with Crippen molar-refractivity contribution in [2.45, 2.75) is 20.5 Å². The number of para-hydroxylation sites is 2. The fraction of sp³-hybridized carbons (Fsp3) is 0.263. The van der Waals surface area contributed by atoms with Gasteiger partial charge in [-0.3, -0.25) is 4.79 Å². The van der Waals surface area contributed by atoms with Crippen molar-refractivity contribution in [2.24, 2.45) is 0 Å². The molecule has 0 aliphatic heterocycles. The van der Waals surface area contributed by atoms with E-state index in [1.807, 2.05) is 19.9 Å². The molecule has 0 bridgehead atoms. The molecule has 8 heteroatoms. The second kappa shape index (κ2) is 9.51. The van der Waals surface area contributed by atoms with E-state index in [-0.39, 0.29) is 18.0 Å². The first kappa shape index (κ1) is 20.2. The normalized spacial score (nSPS) is 10.4. The smallest absolute Gasteiger partial charge is 0.387 e. The number of hydrogen-bond acceptors (Lipinski definition) is 5. The van der Waals surface area contributed by atoms with E-state index < -0.39 is 25.1 Å². The van der Waals surface area contributed by atoms with E-state index in [4.69, 9.17) is 9.47 Å². The Morgan fingerprint density at radius 1 is 1.04 bits per heavy atom. The van der Waals surface area contributed by atoms with Crippen molar-refractivity contribution in [1.29, 1.82) is 0 Å². The van der Waals surface area contributed by atoms with Crippen LogP contribution in [0.5, 0.6) is 11.5 Å². The van der Waals surface area contributed by atoms with Crippen LogP contribution in [0.3, 0.4) is 0 Å². The summed E-state index contributed by atoms with van der Waals surface area (Å²) in [6.07, 6.45) is 0. The molecule has 0 saturated heterocycles. The van der Waals surface area contributed by atoms with Crippen LogP contribution in [0.25, 0.3) is 0 Å². The third-order valence-electron chi connectivity index (χ3n) is 3.58. The zero-order chi connectivity index (χ0) is 19.8. The Bertz CT molecular complexity index is 810. The molecule has 6 nitrogen and oxygen atoms in total. The highest BCUT2D eigenvalue weighted by Gasteiger charge is 2.13. The maximum atomic E-state index is 12.3. The molecule has 0 unspecified atom stereocenters. The summed E-state index contributed by atoms with van der Waals surface area (Å²) in [4.78, 5) is 23.5. The summed E-state index contributed by atoms with van der Waals surface area (Å²) in [6, 6.07) is 11.1. The summed E-state index contributed by atoms with van der Waals surface area (Å²) in [5.74, 6) is -1.11. The molecule has 2 aromatic carbocycles. The van der Waals surface area contributed by atoms with Gasteiger partial charge in [0.1, 0.15) is 11.5 Å². The van der Waals surface area contributed by atoms with Gasteiger partial charge >= 0.3 is 12.6 Å². The molecule has 0 saturated carbocycles. The van der Waals surface area contributed by atoms with E-state index >= 15 is 0 Å². The Morgan fingerprint density at radius 3 is 2.48 bits per heavy atom. The number of benzene rings is 2. The number of anilines is 1. The molecule has 0 heterocycles. The molecule has 2 aromatic rings. The van der Waals surface area contributed by atoms with E-state index in [2.05, 4.69) is 10.1 Å². The molecule has 0 fully saturated rings. The van der Waals surface area contributed by atoms with Gasteiger partial charge in [0, 0.05) is 0 Å². The second-order valence-corrected chi connectivity index (χ2v) is 5.62. The number of esters is 1. The molecule has 2 rings (SSSR count). The lowest BCUT2D eigenvalue weighted by molar-refractivity contribution is -0.149. The number of alkyl halides is 2. The van der Waals surface area contributed by atoms with Crippen molar-refractivity contribution >= 4 is 17.6 Å². The highest BCUT2D eigenvalue weighted by molar-refractivity contribution is 5.94. The predicted molar refractivity (Wildman–Crippen MR) is 94.1 cm³/mol. The predicted octanol–water partition coefficient (Wildman–Crippen LogP) is 3.47. The first-order chi connectivity index (χ1) is 12.8. The van der Waals surface area contributed by atoms with Crippen molar-refractivity contribution in [3.05, 3.63) is 53.6 Å². The summed E-state index contributed by atoms with van der Waals surface area (Å²) in [5.41, 5.74) is 2.16. The number of carbonyl (C=O) groups excluding carboxylic acids is 2. The summed E-state index contributed by atoms with van der Waals surface area (Å²) in [5, 5.41) is 2.34. The van der Waals surface area contributed by atoms with Crippen LogP contribution in [0.1, 0.15) is 11.1 Å². The number of amides is 1. The lowest BCUT2D eigenvalue weighted by Gasteiger charge is -2.12. The number of nitrogens with one attached hydrogen (secondary N) is 1. The highest BCUT2D eigenvalue weighted by atomic mass is 19.3. The van der Waals surface area contributed by atoms with Gasteiger partial charge in [-0.15, -0.1) is 0 Å². The molecule has 1 amide bonds. The van der Waals surface area contributed by atoms with E-state index in [1.165, 1.54) is 24.3 Å². The van der Waals surface area contributed by atoms with E-state index in [0.717, 1.165) is 11.1 Å². The van der Waals surface area contributed by atoms with Gasteiger partial charge in [-0.2, -0.15) is 8.78 Å². The monoisotopic (exact) mass is 379 g/mol. The fourth-order valence-electron chi connectivity index (χ4n) is 2.09. The Balaban J connectivity index is 1.80. The molecule has 0 aromatic heterocycles. The van der Waals surface area contributed by atoms with E-state index in [0.29, 0.717) is 5.75 Å². The standard InChI is InChI=1S/C19H19F2NO5/c1-12-7-8-14(9-13(12)2)25-11-18(24)26-10-17(23)22-15-5-3-4-6-16(15)27-19(20)21/h3-9,19H,10-11H2,1-2H3,(H,22,23). The second-order valence-electron chi connectivity index (χ2n) is 5.62. The summed E-state index contributed by atoms with van der Waals surface area (Å²) < 4.78 is 39.1. The first-order valence-electron chi connectivity index (χ1n) is 8.04. The summed E-state index contributed by atoms with van der Waals surface area (Å²) >= 11 is 0. The number of hydrogen-bond donors (Lipinski definition) is 1. The third kappa shape index (κ3) is 6.58. The lowest BCUT2D eigenvalue weighted by Crippen LogP contribution is -2.24. The molecule has 0 radical (unpaired) electrons. The molecule has 0 aliphatic carbocycles. The van der Waals surface area contributed by atoms with Crippen LogP contribution in [-0.4, -0.2) is 31.7 Å². The van der Waals surface area contributed by atoms with Gasteiger partial charge in [0.2, 0.25) is 0 Å². The average Bonchev–Trinajstić information content (AvgIpc) is 2.62. The van der Waals surface area contributed by atoms with Crippen LogP contribution in [-0.2, 0) is 14.3 Å². The van der Waals surface area contributed by atoms with Gasteiger partial charge in [-0.25, -0.2) is 4.79 Å². The number of rotatable bonds is 8. The SMILES string of the molecule is Cc1ccc(OCC(=O)OCC(=O)Nc2ccccc2OC(F)F)cc1C. The largest absolute Gasteiger partial charge is 0.482 e. The van der Waals surface area contributed by atoms with E-state index in [1.54, 1.807) is 12.1 Å². The maximum absolute atomic E-state index is 12.3. The van der Waals surface area contributed by atoms with Crippen molar-refractivity contribution in [1.82, 2.24) is 0 Å². The summed E-state index contributed by atoms with van der Waals surface area (Å²) in [6.45, 7) is -0.0981. The van der Waals surface area contributed by atoms with Crippen molar-refractivity contribution < 1.29 is 32.6 Å². The van der Waals surface area contributed by atoms with Crippen molar-refractivity contribution in [3.8, 4) is 11.5 Å². The molecular weight excluding hydrogens is 360 g/mol. The summed E-state index contributed by atoms with van der Waals surface area (Å²) in [7, 11) is 0. The Hall–Kier alpha value is -3.16. The molecule has 27 heavy (non-hydrogen) atoms. The minimum Gasteiger partial charge on any atom is -0.482 e. The van der Waals surface area contributed by atoms with Gasteiger partial charge in [-0.05, 0) is 49.2 Å². The van der Waals surface area contributed by atoms with E-state index in [9.17, 15) is 18.4 Å². The van der Waals surface area contributed by atoms with Gasteiger partial charge in [-0.1, -0.05) is 18.2 Å². The number of carbonyl (C=O) groups is 2. The first-order valence-corrected chi connectivity index (χ1v) is 8.04. The number of ether oxygens (including phenoxy) is 3. The highest BCUT2D eigenvalue weighted by Crippen LogP contribution is 2.25. The quantitative estimate of drug-likeness (QED) is 0.711. The van der Waals surface area contributed by atoms with Crippen LogP contribution in [0, 0.1) is 13.8 Å². The molecule has 1 N–H and O–H groups in total. The average molecular weight is 379 g/mol. The van der Waals surface area contributed by atoms with Crippen LogP contribution in [0.2, 0.25) is 0 Å². The number of halogens is 2. The molecular formula is C19H19F2NO5. The zero-order valence-electron chi connectivity index (χ0n) is 14.8. The Labute approximate surface area is 155 Å². The van der Waals surface area contributed by atoms with Gasteiger partial charge in [0.05, 0.1) is 5.69 Å². The van der Waals surface area contributed by atoms with Crippen LogP contribution < -0.4 is 14.8 Å². The van der Waals surface area contributed by atoms with Crippen LogP contribution >= 0.6 is 0 Å².